The molecule has 0 saturated carbocycles. The Morgan fingerprint density at radius 3 is 2.38 bits per heavy atom. The zero-order valence-corrected chi connectivity index (χ0v) is 11.1. The normalized spacial score (nSPS) is 11.1. The van der Waals surface area contributed by atoms with E-state index in [9.17, 15) is 22.0 Å². The number of anilines is 1. The highest BCUT2D eigenvalue weighted by Gasteiger charge is 2.20. The summed E-state index contributed by atoms with van der Waals surface area (Å²) in [7, 11) is -4.37. The average molecular weight is 314 g/mol. The number of benzene rings is 1. The van der Waals surface area contributed by atoms with Crippen LogP contribution < -0.4 is 4.72 Å². The predicted octanol–water partition coefficient (Wildman–Crippen LogP) is 1.86. The molecule has 6 nitrogen and oxygen atoms in total. The number of rotatable bonds is 4. The van der Waals surface area contributed by atoms with Crippen LogP contribution >= 0.6 is 0 Å². The Morgan fingerprint density at radius 2 is 1.81 bits per heavy atom. The Kier molecular flexibility index (Phi) is 3.85. The molecule has 0 fully saturated rings. The summed E-state index contributed by atoms with van der Waals surface area (Å²) in [5, 5.41) is 8.93. The van der Waals surface area contributed by atoms with Crippen LogP contribution in [0, 0.1) is 11.6 Å². The Hall–Kier alpha value is -2.55. The molecule has 1 aromatic carbocycles. The van der Waals surface area contributed by atoms with Crippen molar-refractivity contribution in [1.29, 1.82) is 0 Å². The second kappa shape index (κ2) is 5.44. The first-order chi connectivity index (χ1) is 9.79. The van der Waals surface area contributed by atoms with Crippen LogP contribution in [-0.4, -0.2) is 24.5 Å². The number of pyridine rings is 1. The molecule has 21 heavy (non-hydrogen) atoms. The van der Waals surface area contributed by atoms with E-state index in [4.69, 9.17) is 5.11 Å². The van der Waals surface area contributed by atoms with Crippen molar-refractivity contribution in [2.75, 3.05) is 4.72 Å². The standard InChI is InChI=1S/C12H8F2N2O4S/c13-7-4-8(14)6-9(5-7)21(19,20)16-11-10(12(17)18)2-1-3-15-11/h1-6H,(H,15,16)(H,17,18). The number of nitrogens with one attached hydrogen (secondary N) is 1. The maximum atomic E-state index is 13.1. The molecule has 0 radical (unpaired) electrons. The van der Waals surface area contributed by atoms with Gasteiger partial charge in [0.05, 0.1) is 4.90 Å². The molecule has 110 valence electrons. The number of carbonyl (C=O) groups is 1. The van der Waals surface area contributed by atoms with E-state index in [1.807, 2.05) is 4.72 Å². The van der Waals surface area contributed by atoms with Crippen LogP contribution in [0.4, 0.5) is 14.6 Å². The van der Waals surface area contributed by atoms with Crippen molar-refractivity contribution in [3.63, 3.8) is 0 Å². The number of aromatic carboxylic acids is 1. The van der Waals surface area contributed by atoms with Crippen LogP contribution in [-0.2, 0) is 10.0 Å². The minimum Gasteiger partial charge on any atom is -0.478 e. The fourth-order valence-corrected chi connectivity index (χ4v) is 2.60. The summed E-state index contributed by atoms with van der Waals surface area (Å²) in [6.07, 6.45) is 1.18. The van der Waals surface area contributed by atoms with Crippen LogP contribution in [0.25, 0.3) is 0 Å². The van der Waals surface area contributed by atoms with Gasteiger partial charge < -0.3 is 5.11 Å². The Morgan fingerprint density at radius 1 is 1.19 bits per heavy atom. The lowest BCUT2D eigenvalue weighted by atomic mass is 10.3. The fraction of sp³-hybridized carbons (Fsp3) is 0. The van der Waals surface area contributed by atoms with Crippen LogP contribution in [0.3, 0.4) is 0 Å². The third-order valence-electron chi connectivity index (χ3n) is 2.42. The Labute approximate surface area is 118 Å². The summed E-state index contributed by atoms with van der Waals surface area (Å²) in [5.74, 6) is -3.99. The predicted molar refractivity (Wildman–Crippen MR) is 68.4 cm³/mol. The summed E-state index contributed by atoms with van der Waals surface area (Å²) in [4.78, 5) is 13.9. The van der Waals surface area contributed by atoms with Crippen molar-refractivity contribution in [1.82, 2.24) is 4.98 Å². The molecular formula is C12H8F2N2O4S. The van der Waals surface area contributed by atoms with E-state index in [1.165, 1.54) is 12.3 Å². The quantitative estimate of drug-likeness (QED) is 0.898. The van der Waals surface area contributed by atoms with E-state index >= 15 is 0 Å². The highest BCUT2D eigenvalue weighted by molar-refractivity contribution is 7.92. The lowest BCUT2D eigenvalue weighted by Crippen LogP contribution is -2.17. The first-order valence-electron chi connectivity index (χ1n) is 5.47. The van der Waals surface area contributed by atoms with Gasteiger partial charge in [-0.3, -0.25) is 4.72 Å². The molecule has 0 aliphatic carbocycles. The zero-order valence-electron chi connectivity index (χ0n) is 10.2. The summed E-state index contributed by atoms with van der Waals surface area (Å²) in [5.41, 5.74) is -0.391. The summed E-state index contributed by atoms with van der Waals surface area (Å²) < 4.78 is 52.0. The Balaban J connectivity index is 2.45. The minimum atomic E-state index is -4.37. The molecule has 0 amide bonds. The van der Waals surface area contributed by atoms with Gasteiger partial charge in [-0.05, 0) is 24.3 Å². The number of carboxylic acid groups (broad SMARTS) is 1. The van der Waals surface area contributed by atoms with Crippen molar-refractivity contribution in [3.05, 3.63) is 53.7 Å². The molecule has 1 aromatic heterocycles. The van der Waals surface area contributed by atoms with E-state index in [0.29, 0.717) is 18.2 Å². The third kappa shape index (κ3) is 3.31. The summed E-state index contributed by atoms with van der Waals surface area (Å²) in [6, 6.07) is 4.18. The smallest absolute Gasteiger partial charge is 0.339 e. The third-order valence-corrected chi connectivity index (χ3v) is 3.73. The van der Waals surface area contributed by atoms with Crippen LogP contribution in [0.2, 0.25) is 0 Å². The first kappa shape index (κ1) is 14.9. The van der Waals surface area contributed by atoms with Gasteiger partial charge in [0.1, 0.15) is 17.2 Å². The van der Waals surface area contributed by atoms with E-state index in [0.717, 1.165) is 6.07 Å². The molecule has 2 rings (SSSR count). The van der Waals surface area contributed by atoms with Gasteiger partial charge >= 0.3 is 5.97 Å². The molecule has 0 spiro atoms. The lowest BCUT2D eigenvalue weighted by Gasteiger charge is -2.09. The molecule has 0 atom stereocenters. The van der Waals surface area contributed by atoms with Gasteiger partial charge in [-0.1, -0.05) is 0 Å². The molecular weight excluding hydrogens is 306 g/mol. The average Bonchev–Trinajstić information content (AvgIpc) is 2.37. The van der Waals surface area contributed by atoms with Crippen LogP contribution in [0.5, 0.6) is 0 Å². The molecule has 0 aliphatic rings. The second-order valence-electron chi connectivity index (χ2n) is 3.92. The van der Waals surface area contributed by atoms with Crippen LogP contribution in [0.15, 0.2) is 41.4 Å². The number of nitrogens with zero attached hydrogens (tertiary/aromatic N) is 1. The molecule has 2 N–H and O–H groups in total. The number of sulfonamides is 1. The molecule has 1 heterocycles. The highest BCUT2D eigenvalue weighted by Crippen LogP contribution is 2.19. The number of hydrogen-bond acceptors (Lipinski definition) is 4. The van der Waals surface area contributed by atoms with Gasteiger partial charge in [0.25, 0.3) is 10.0 Å². The molecule has 0 bridgehead atoms. The van der Waals surface area contributed by atoms with Gasteiger partial charge in [0, 0.05) is 12.3 Å². The largest absolute Gasteiger partial charge is 0.478 e. The zero-order chi connectivity index (χ0) is 15.6. The van der Waals surface area contributed by atoms with Gasteiger partial charge in [-0.2, -0.15) is 0 Å². The molecule has 2 aromatic rings. The van der Waals surface area contributed by atoms with Gasteiger partial charge in [0.15, 0.2) is 5.82 Å². The maximum absolute atomic E-state index is 13.1. The molecule has 0 saturated heterocycles. The van der Waals surface area contributed by atoms with Gasteiger partial charge in [-0.15, -0.1) is 0 Å². The second-order valence-corrected chi connectivity index (χ2v) is 5.60. The van der Waals surface area contributed by atoms with E-state index in [-0.39, 0.29) is 0 Å². The minimum absolute atomic E-state index is 0.391. The summed E-state index contributed by atoms with van der Waals surface area (Å²) >= 11 is 0. The summed E-state index contributed by atoms with van der Waals surface area (Å²) in [6.45, 7) is 0. The highest BCUT2D eigenvalue weighted by atomic mass is 32.2. The Bertz CT molecular complexity index is 788. The topological polar surface area (TPSA) is 96.4 Å². The van der Waals surface area contributed by atoms with Crippen molar-refractivity contribution in [3.8, 4) is 0 Å². The number of aromatic nitrogens is 1. The van der Waals surface area contributed by atoms with E-state index in [1.54, 1.807) is 0 Å². The van der Waals surface area contributed by atoms with Crippen molar-refractivity contribution in [2.24, 2.45) is 0 Å². The van der Waals surface area contributed by atoms with Crippen LogP contribution in [0.1, 0.15) is 10.4 Å². The van der Waals surface area contributed by atoms with E-state index < -0.39 is 43.9 Å². The van der Waals surface area contributed by atoms with Crippen molar-refractivity contribution < 1.29 is 27.1 Å². The monoisotopic (exact) mass is 314 g/mol. The first-order valence-corrected chi connectivity index (χ1v) is 6.95. The lowest BCUT2D eigenvalue weighted by molar-refractivity contribution is 0.0697. The maximum Gasteiger partial charge on any atom is 0.339 e. The van der Waals surface area contributed by atoms with Crippen molar-refractivity contribution in [2.45, 2.75) is 4.90 Å². The van der Waals surface area contributed by atoms with Gasteiger partial charge in [-0.25, -0.2) is 27.0 Å². The SMILES string of the molecule is O=C(O)c1cccnc1NS(=O)(=O)c1cc(F)cc(F)c1. The number of halogens is 2. The number of carboxylic acids is 1. The molecule has 0 aliphatic heterocycles. The van der Waals surface area contributed by atoms with Crippen molar-refractivity contribution >= 4 is 21.8 Å². The van der Waals surface area contributed by atoms with Gasteiger partial charge in [0.2, 0.25) is 0 Å². The fourth-order valence-electron chi connectivity index (χ4n) is 1.53. The number of hydrogen-bond donors (Lipinski definition) is 2. The molecule has 9 heteroatoms. The molecule has 0 unspecified atom stereocenters. The van der Waals surface area contributed by atoms with E-state index in [2.05, 4.69) is 4.98 Å².